The molecule has 1 fully saturated rings. The zero-order valence-corrected chi connectivity index (χ0v) is 13.6. The largest absolute Gasteiger partial charge is 0.349 e. The quantitative estimate of drug-likeness (QED) is 0.895. The predicted octanol–water partition coefficient (Wildman–Crippen LogP) is 2.21. The molecule has 3 N–H and O–H groups in total. The standard InChI is InChI=1S/C17H28N4O/c1-21-15-7-5-6-14(13(15)11-19-21)20-16(22)10-17(12-18)8-3-2-4-9-17/h11,14H,2-10,12,18H2,1H3,(H,20,22). The number of carbonyl (C=O) groups is 1. The molecule has 0 aliphatic heterocycles. The summed E-state index contributed by atoms with van der Waals surface area (Å²) in [6.07, 6.45) is 11.6. The molecule has 1 amide bonds. The number of hydrogen-bond acceptors (Lipinski definition) is 3. The van der Waals surface area contributed by atoms with Crippen LogP contribution in [-0.2, 0) is 18.3 Å². The fourth-order valence-electron chi connectivity index (χ4n) is 4.20. The van der Waals surface area contributed by atoms with Crippen LogP contribution in [0.2, 0.25) is 0 Å². The molecule has 1 saturated carbocycles. The van der Waals surface area contributed by atoms with Crippen LogP contribution in [0.3, 0.4) is 0 Å². The molecule has 3 rings (SSSR count). The van der Waals surface area contributed by atoms with Crippen molar-refractivity contribution in [1.29, 1.82) is 0 Å². The molecule has 122 valence electrons. The van der Waals surface area contributed by atoms with Gasteiger partial charge in [0.15, 0.2) is 0 Å². The van der Waals surface area contributed by atoms with Gasteiger partial charge in [0.05, 0.1) is 12.2 Å². The Morgan fingerprint density at radius 2 is 2.18 bits per heavy atom. The molecule has 0 bridgehead atoms. The molecule has 1 aromatic rings. The number of hydrogen-bond donors (Lipinski definition) is 2. The number of nitrogens with one attached hydrogen (secondary N) is 1. The summed E-state index contributed by atoms with van der Waals surface area (Å²) >= 11 is 0. The lowest BCUT2D eigenvalue weighted by molar-refractivity contribution is -0.124. The number of amides is 1. The first-order valence-corrected chi connectivity index (χ1v) is 8.64. The molecule has 1 heterocycles. The topological polar surface area (TPSA) is 72.9 Å². The van der Waals surface area contributed by atoms with Gasteiger partial charge in [-0.15, -0.1) is 0 Å². The zero-order valence-electron chi connectivity index (χ0n) is 13.6. The second-order valence-corrected chi connectivity index (χ2v) is 7.12. The second kappa shape index (κ2) is 6.41. The highest BCUT2D eigenvalue weighted by Gasteiger charge is 2.34. The third-order valence-electron chi connectivity index (χ3n) is 5.59. The van der Waals surface area contributed by atoms with Crippen LogP contribution >= 0.6 is 0 Å². The maximum atomic E-state index is 12.6. The van der Waals surface area contributed by atoms with E-state index in [-0.39, 0.29) is 17.4 Å². The first kappa shape index (κ1) is 15.5. The van der Waals surface area contributed by atoms with Crippen molar-refractivity contribution in [2.45, 2.75) is 63.8 Å². The minimum Gasteiger partial charge on any atom is -0.349 e. The van der Waals surface area contributed by atoms with Crippen molar-refractivity contribution < 1.29 is 4.79 Å². The molecule has 2 aliphatic rings. The molecule has 0 saturated heterocycles. The summed E-state index contributed by atoms with van der Waals surface area (Å²) in [4.78, 5) is 12.6. The third kappa shape index (κ3) is 3.05. The van der Waals surface area contributed by atoms with Crippen molar-refractivity contribution in [3.63, 3.8) is 0 Å². The number of carbonyl (C=O) groups excluding carboxylic acids is 1. The summed E-state index contributed by atoms with van der Waals surface area (Å²) in [5.41, 5.74) is 8.51. The molecular formula is C17H28N4O. The molecule has 0 aromatic carbocycles. The fraction of sp³-hybridized carbons (Fsp3) is 0.765. The molecule has 0 radical (unpaired) electrons. The average molecular weight is 304 g/mol. The van der Waals surface area contributed by atoms with E-state index in [4.69, 9.17) is 5.73 Å². The fourth-order valence-corrected chi connectivity index (χ4v) is 4.20. The number of nitrogens with two attached hydrogens (primary N) is 1. The van der Waals surface area contributed by atoms with E-state index in [9.17, 15) is 4.79 Å². The highest BCUT2D eigenvalue weighted by molar-refractivity contribution is 5.77. The van der Waals surface area contributed by atoms with E-state index in [0.717, 1.165) is 32.1 Å². The molecule has 5 nitrogen and oxygen atoms in total. The maximum Gasteiger partial charge on any atom is 0.221 e. The minimum absolute atomic E-state index is 0.0365. The van der Waals surface area contributed by atoms with Crippen LogP contribution in [0.1, 0.15) is 68.7 Å². The minimum atomic E-state index is 0.0365. The summed E-state index contributed by atoms with van der Waals surface area (Å²) in [5, 5.41) is 7.59. The average Bonchev–Trinajstić information content (AvgIpc) is 2.91. The van der Waals surface area contributed by atoms with Gasteiger partial charge in [0.25, 0.3) is 0 Å². The van der Waals surface area contributed by atoms with Crippen molar-refractivity contribution in [2.75, 3.05) is 6.54 Å². The molecular weight excluding hydrogens is 276 g/mol. The number of fused-ring (bicyclic) bond motifs is 1. The van der Waals surface area contributed by atoms with Gasteiger partial charge in [-0.05, 0) is 44.1 Å². The Bertz CT molecular complexity index is 531. The van der Waals surface area contributed by atoms with E-state index in [1.165, 1.54) is 30.5 Å². The Balaban J connectivity index is 1.65. The van der Waals surface area contributed by atoms with Gasteiger partial charge >= 0.3 is 0 Å². The van der Waals surface area contributed by atoms with Crippen molar-refractivity contribution in [3.8, 4) is 0 Å². The Morgan fingerprint density at radius 3 is 2.91 bits per heavy atom. The number of nitrogens with zero attached hydrogens (tertiary/aromatic N) is 2. The lowest BCUT2D eigenvalue weighted by atomic mass is 9.71. The molecule has 0 spiro atoms. The molecule has 1 atom stereocenters. The van der Waals surface area contributed by atoms with Gasteiger partial charge in [0, 0.05) is 24.7 Å². The molecule has 5 heteroatoms. The molecule has 1 aromatic heterocycles. The predicted molar refractivity (Wildman–Crippen MR) is 86.2 cm³/mol. The van der Waals surface area contributed by atoms with Crippen LogP contribution in [0.5, 0.6) is 0 Å². The Morgan fingerprint density at radius 1 is 1.41 bits per heavy atom. The van der Waals surface area contributed by atoms with Crippen LogP contribution in [0.25, 0.3) is 0 Å². The lowest BCUT2D eigenvalue weighted by Gasteiger charge is -2.36. The summed E-state index contributed by atoms with van der Waals surface area (Å²) < 4.78 is 1.94. The van der Waals surface area contributed by atoms with Gasteiger partial charge in [0.1, 0.15) is 0 Å². The van der Waals surface area contributed by atoms with Gasteiger partial charge < -0.3 is 11.1 Å². The van der Waals surface area contributed by atoms with Gasteiger partial charge in [-0.25, -0.2) is 0 Å². The highest BCUT2D eigenvalue weighted by atomic mass is 16.1. The van der Waals surface area contributed by atoms with Crippen LogP contribution in [0, 0.1) is 5.41 Å². The summed E-state index contributed by atoms with van der Waals surface area (Å²) in [7, 11) is 1.98. The zero-order chi connectivity index (χ0) is 15.6. The number of aryl methyl sites for hydroxylation is 1. The van der Waals surface area contributed by atoms with Crippen molar-refractivity contribution in [3.05, 3.63) is 17.5 Å². The molecule has 22 heavy (non-hydrogen) atoms. The highest BCUT2D eigenvalue weighted by Crippen LogP contribution is 2.38. The smallest absolute Gasteiger partial charge is 0.221 e. The van der Waals surface area contributed by atoms with E-state index in [1.807, 2.05) is 17.9 Å². The number of rotatable bonds is 4. The Hall–Kier alpha value is -1.36. The van der Waals surface area contributed by atoms with Crippen LogP contribution in [0.4, 0.5) is 0 Å². The third-order valence-corrected chi connectivity index (χ3v) is 5.59. The van der Waals surface area contributed by atoms with Gasteiger partial charge in [-0.1, -0.05) is 19.3 Å². The Labute approximate surface area is 132 Å². The van der Waals surface area contributed by atoms with E-state index in [0.29, 0.717) is 13.0 Å². The normalized spacial score (nSPS) is 23.8. The van der Waals surface area contributed by atoms with E-state index >= 15 is 0 Å². The first-order chi connectivity index (χ1) is 10.6. The van der Waals surface area contributed by atoms with Gasteiger partial charge in [-0.2, -0.15) is 5.10 Å². The SMILES string of the molecule is Cn1ncc2c1CCCC2NC(=O)CC1(CN)CCCCC1. The van der Waals surface area contributed by atoms with Crippen molar-refractivity contribution in [2.24, 2.45) is 18.2 Å². The molecule has 2 aliphatic carbocycles. The summed E-state index contributed by atoms with van der Waals surface area (Å²) in [5.74, 6) is 0.161. The summed E-state index contributed by atoms with van der Waals surface area (Å²) in [6, 6.07) is 0.128. The summed E-state index contributed by atoms with van der Waals surface area (Å²) in [6.45, 7) is 0.628. The van der Waals surface area contributed by atoms with Crippen molar-refractivity contribution >= 4 is 5.91 Å². The molecule has 1 unspecified atom stereocenters. The van der Waals surface area contributed by atoms with Gasteiger partial charge in [-0.3, -0.25) is 9.48 Å². The second-order valence-electron chi connectivity index (χ2n) is 7.12. The maximum absolute atomic E-state index is 12.6. The van der Waals surface area contributed by atoms with E-state index in [2.05, 4.69) is 10.4 Å². The van der Waals surface area contributed by atoms with E-state index in [1.54, 1.807) is 0 Å². The lowest BCUT2D eigenvalue weighted by Crippen LogP contribution is -2.40. The first-order valence-electron chi connectivity index (χ1n) is 8.64. The van der Waals surface area contributed by atoms with Crippen LogP contribution in [0.15, 0.2) is 6.20 Å². The van der Waals surface area contributed by atoms with Gasteiger partial charge in [0.2, 0.25) is 5.91 Å². The van der Waals surface area contributed by atoms with Crippen LogP contribution in [-0.4, -0.2) is 22.2 Å². The number of aromatic nitrogens is 2. The van der Waals surface area contributed by atoms with Crippen molar-refractivity contribution in [1.82, 2.24) is 15.1 Å². The van der Waals surface area contributed by atoms with E-state index < -0.39 is 0 Å². The Kier molecular flexibility index (Phi) is 4.52. The van der Waals surface area contributed by atoms with Crippen LogP contribution < -0.4 is 11.1 Å². The monoisotopic (exact) mass is 304 g/mol.